The van der Waals surface area contributed by atoms with Crippen molar-refractivity contribution in [3.05, 3.63) is 53.5 Å². The molecule has 4 atom stereocenters. The van der Waals surface area contributed by atoms with Crippen molar-refractivity contribution in [2.24, 2.45) is 5.92 Å². The van der Waals surface area contributed by atoms with Crippen LogP contribution < -0.4 is 9.73 Å². The lowest BCUT2D eigenvalue weighted by atomic mass is 9.68. The van der Waals surface area contributed by atoms with Crippen molar-refractivity contribution >= 4 is 12.7 Å². The number of nitrogens with one attached hydrogen (secondary N) is 1. The van der Waals surface area contributed by atoms with Gasteiger partial charge in [-0.1, -0.05) is 12.1 Å². The maximum absolute atomic E-state index is 11.7. The van der Waals surface area contributed by atoms with Crippen molar-refractivity contribution in [1.82, 2.24) is 0 Å². The average Bonchev–Trinajstić information content (AvgIpc) is 2.73. The molecular formula is C21H27N2O5+. The lowest BCUT2D eigenvalue weighted by Crippen LogP contribution is -2.71. The molecule has 1 fully saturated rings. The Hall–Kier alpha value is -2.69. The predicted octanol–water partition coefficient (Wildman–Crippen LogP) is 0.256. The summed E-state index contributed by atoms with van der Waals surface area (Å²) in [4.78, 5) is 18.4. The van der Waals surface area contributed by atoms with Crippen molar-refractivity contribution < 1.29 is 29.5 Å². The van der Waals surface area contributed by atoms with E-state index in [1.54, 1.807) is 7.11 Å². The molecule has 1 aliphatic rings. The normalized spacial score (nSPS) is 23.7. The molecule has 3 N–H and O–H groups in total. The van der Waals surface area contributed by atoms with E-state index >= 15 is 0 Å². The highest BCUT2D eigenvalue weighted by Crippen LogP contribution is 2.42. The van der Waals surface area contributed by atoms with Crippen LogP contribution in [-0.2, 0) is 16.0 Å². The number of rotatable bonds is 8. The van der Waals surface area contributed by atoms with Crippen molar-refractivity contribution in [3.63, 3.8) is 0 Å². The molecule has 0 radical (unpaired) electrons. The second-order valence-electron chi connectivity index (χ2n) is 6.98. The van der Waals surface area contributed by atoms with Gasteiger partial charge < -0.3 is 19.7 Å². The van der Waals surface area contributed by atoms with Crippen LogP contribution in [0, 0.1) is 12.5 Å². The SMILES string of the molecule is [C-]#[N+]C(Cc1ccc(OC)cc1)(C(=C)[NH+]=C)[C@H]1C[C@@H](O)CC[C@@H]1OC(=O)CO. The Labute approximate surface area is 165 Å². The molecule has 28 heavy (non-hydrogen) atoms. The van der Waals surface area contributed by atoms with Gasteiger partial charge in [0.2, 0.25) is 0 Å². The van der Waals surface area contributed by atoms with E-state index in [1.807, 2.05) is 24.3 Å². The van der Waals surface area contributed by atoms with E-state index in [0.29, 0.717) is 30.7 Å². The minimum Gasteiger partial charge on any atom is -0.497 e. The Balaban J connectivity index is 2.45. The maximum atomic E-state index is 11.7. The summed E-state index contributed by atoms with van der Waals surface area (Å²) in [5.74, 6) is -0.551. The number of aliphatic hydroxyl groups is 2. The summed E-state index contributed by atoms with van der Waals surface area (Å²) in [6, 6.07) is 7.35. The van der Waals surface area contributed by atoms with Crippen LogP contribution in [-0.4, -0.2) is 54.4 Å². The monoisotopic (exact) mass is 387 g/mol. The minimum atomic E-state index is -1.18. The van der Waals surface area contributed by atoms with Crippen molar-refractivity contribution in [1.29, 1.82) is 0 Å². The maximum Gasteiger partial charge on any atom is 0.332 e. The highest BCUT2D eigenvalue weighted by atomic mass is 16.6. The Kier molecular flexibility index (Phi) is 7.32. The molecule has 1 saturated carbocycles. The third-order valence-electron chi connectivity index (χ3n) is 5.35. The fourth-order valence-electron chi connectivity index (χ4n) is 3.83. The Morgan fingerprint density at radius 2 is 2.07 bits per heavy atom. The zero-order valence-electron chi connectivity index (χ0n) is 16.1. The number of esters is 1. The molecule has 150 valence electrons. The molecule has 0 spiro atoms. The van der Waals surface area contributed by atoms with Gasteiger partial charge in [0, 0.05) is 0 Å². The smallest absolute Gasteiger partial charge is 0.332 e. The third kappa shape index (κ3) is 4.58. The predicted molar refractivity (Wildman–Crippen MR) is 104 cm³/mol. The molecule has 1 aromatic carbocycles. The van der Waals surface area contributed by atoms with Crippen LogP contribution in [0.1, 0.15) is 24.8 Å². The average molecular weight is 387 g/mol. The van der Waals surface area contributed by atoms with E-state index in [1.165, 1.54) is 0 Å². The van der Waals surface area contributed by atoms with Gasteiger partial charge in [-0.05, 0) is 43.5 Å². The molecule has 2 rings (SSSR count). The number of ether oxygens (including phenoxy) is 2. The van der Waals surface area contributed by atoms with Gasteiger partial charge in [0.15, 0.2) is 0 Å². The zero-order chi connectivity index (χ0) is 20.7. The Bertz CT molecular complexity index is 755. The molecular weight excluding hydrogens is 360 g/mol. The molecule has 0 aliphatic heterocycles. The van der Waals surface area contributed by atoms with E-state index in [9.17, 15) is 9.90 Å². The number of carbonyl (C=O) groups is 1. The minimum absolute atomic E-state index is 0.280. The van der Waals surface area contributed by atoms with E-state index in [2.05, 4.69) is 23.1 Å². The van der Waals surface area contributed by atoms with Crippen LogP contribution in [0.15, 0.2) is 36.5 Å². The number of hydrogen-bond acceptors (Lipinski definition) is 5. The molecule has 1 unspecified atom stereocenters. The highest BCUT2D eigenvalue weighted by Gasteiger charge is 2.57. The lowest BCUT2D eigenvalue weighted by Gasteiger charge is -2.38. The number of benzene rings is 1. The Morgan fingerprint density at radius 1 is 1.39 bits per heavy atom. The van der Waals surface area contributed by atoms with Gasteiger partial charge in [0.05, 0.1) is 25.6 Å². The summed E-state index contributed by atoms with van der Waals surface area (Å²) in [5, 5.41) is 19.3. The highest BCUT2D eigenvalue weighted by molar-refractivity contribution is 5.70. The van der Waals surface area contributed by atoms with Gasteiger partial charge >= 0.3 is 11.5 Å². The third-order valence-corrected chi connectivity index (χ3v) is 5.35. The van der Waals surface area contributed by atoms with E-state index in [4.69, 9.17) is 21.2 Å². The molecule has 1 aliphatic carbocycles. The van der Waals surface area contributed by atoms with Crippen LogP contribution >= 0.6 is 0 Å². The summed E-state index contributed by atoms with van der Waals surface area (Å²) in [7, 11) is 1.58. The summed E-state index contributed by atoms with van der Waals surface area (Å²) in [6.45, 7) is 14.9. The summed E-state index contributed by atoms with van der Waals surface area (Å²) in [6.07, 6.45) is 0.224. The van der Waals surface area contributed by atoms with Gasteiger partial charge in [0.1, 0.15) is 25.2 Å². The lowest BCUT2D eigenvalue weighted by molar-refractivity contribution is -0.398. The Morgan fingerprint density at radius 3 is 2.61 bits per heavy atom. The van der Waals surface area contributed by atoms with Crippen LogP contribution in [0.25, 0.3) is 4.85 Å². The topological polar surface area (TPSA) is 94.3 Å². The quantitative estimate of drug-likeness (QED) is 0.338. The molecule has 0 amide bonds. The molecule has 0 bridgehead atoms. The van der Waals surface area contributed by atoms with Crippen LogP contribution in [0.2, 0.25) is 0 Å². The standard InChI is InChI=1S/C21H26N2O5/c1-14(22-2)21(23-3,12-15-5-8-17(27-4)9-6-15)18-11-16(25)7-10-19(18)28-20(26)13-24/h5-6,8-9,16,18-19,24-25H,1-2,7,10-13H2,4H3/p+1/t16-,18-,19-,21?/m0/s1. The largest absolute Gasteiger partial charge is 0.497 e. The fourth-order valence-corrected chi connectivity index (χ4v) is 3.83. The molecule has 7 nitrogen and oxygen atoms in total. The first-order valence-electron chi connectivity index (χ1n) is 9.12. The molecule has 1 aromatic rings. The zero-order valence-corrected chi connectivity index (χ0v) is 16.1. The second kappa shape index (κ2) is 9.49. The van der Waals surface area contributed by atoms with E-state index in [0.717, 1.165) is 5.56 Å². The first kappa shape index (κ1) is 21.6. The van der Waals surface area contributed by atoms with Gasteiger partial charge in [-0.25, -0.2) is 16.4 Å². The first-order chi connectivity index (χ1) is 13.4. The summed E-state index contributed by atoms with van der Waals surface area (Å²) in [5.41, 5.74) is 0.0842. The van der Waals surface area contributed by atoms with Crippen LogP contribution in [0.3, 0.4) is 0 Å². The van der Waals surface area contributed by atoms with Gasteiger partial charge in [-0.3, -0.25) is 4.85 Å². The van der Waals surface area contributed by atoms with Gasteiger partial charge in [0.25, 0.3) is 5.70 Å². The van der Waals surface area contributed by atoms with Gasteiger partial charge in [-0.2, -0.15) is 0 Å². The first-order valence-corrected chi connectivity index (χ1v) is 9.12. The fraction of sp³-hybridized carbons (Fsp3) is 0.476. The summed E-state index contributed by atoms with van der Waals surface area (Å²) >= 11 is 0. The number of aliphatic hydroxyl groups excluding tert-OH is 2. The van der Waals surface area contributed by atoms with Crippen LogP contribution in [0.5, 0.6) is 5.75 Å². The number of hydrogen-bond donors (Lipinski definition) is 3. The number of nitrogens with zero attached hydrogens (tertiary/aromatic N) is 1. The molecule has 7 heteroatoms. The number of carbonyl (C=O) groups excluding carboxylic acids is 1. The van der Waals surface area contributed by atoms with Gasteiger partial charge in [-0.15, -0.1) is 0 Å². The summed E-state index contributed by atoms with van der Waals surface area (Å²) < 4.78 is 10.6. The van der Waals surface area contributed by atoms with E-state index in [-0.39, 0.29) is 6.42 Å². The molecule has 0 heterocycles. The van der Waals surface area contributed by atoms with Crippen molar-refractivity contribution in [2.45, 2.75) is 43.4 Å². The van der Waals surface area contributed by atoms with Crippen LogP contribution in [0.4, 0.5) is 0 Å². The molecule has 0 aromatic heterocycles. The van der Waals surface area contributed by atoms with Crippen molar-refractivity contribution in [2.75, 3.05) is 13.7 Å². The molecule has 0 saturated heterocycles. The number of methoxy groups -OCH3 is 1. The second-order valence-corrected chi connectivity index (χ2v) is 6.98. The van der Waals surface area contributed by atoms with E-state index < -0.39 is 36.2 Å². The van der Waals surface area contributed by atoms with Crippen molar-refractivity contribution in [3.8, 4) is 5.75 Å².